The second-order valence-electron chi connectivity index (χ2n) is 5.81. The third-order valence-corrected chi connectivity index (χ3v) is 4.37. The molecule has 2 aliphatic rings. The molecule has 4 rings (SSSR count). The molecule has 0 saturated carbocycles. The molecule has 0 radical (unpaired) electrons. The molecule has 1 N–H and O–H groups in total. The minimum Gasteiger partial charge on any atom is -0.338 e. The molecule has 2 heterocycles. The summed E-state index contributed by atoms with van der Waals surface area (Å²) >= 11 is 6.29. The van der Waals surface area contributed by atoms with Gasteiger partial charge in [-0.3, -0.25) is 4.90 Å². The van der Waals surface area contributed by atoms with Crippen molar-refractivity contribution in [3.63, 3.8) is 0 Å². The number of anilines is 1. The van der Waals surface area contributed by atoms with E-state index in [0.29, 0.717) is 11.0 Å². The number of nitrogens with one attached hydrogen (secondary N) is 1. The van der Waals surface area contributed by atoms with Gasteiger partial charge < -0.3 is 5.32 Å². The number of benzene rings is 1. The van der Waals surface area contributed by atoms with Crippen LogP contribution in [0, 0.1) is 0 Å². The van der Waals surface area contributed by atoms with Gasteiger partial charge in [-0.2, -0.15) is 0 Å². The van der Waals surface area contributed by atoms with Gasteiger partial charge in [-0.25, -0.2) is 9.97 Å². The van der Waals surface area contributed by atoms with E-state index in [4.69, 9.17) is 11.6 Å². The Labute approximate surface area is 140 Å². The molecule has 0 saturated heterocycles. The zero-order valence-electron chi connectivity index (χ0n) is 12.7. The fourth-order valence-electron chi connectivity index (χ4n) is 2.83. The molecule has 1 aliphatic heterocycles. The van der Waals surface area contributed by atoms with E-state index in [2.05, 4.69) is 44.5 Å². The standard InChI is InChI=1S/C18H17ClN4/c19-17-18(20-14-7-4-8-14)22-15-9-10-23(12-16(15)21-17)11-13-5-2-1-3-6-13/h1-8H,9-12H2,(H,20,22). The first kappa shape index (κ1) is 14.4. The van der Waals surface area contributed by atoms with Gasteiger partial charge in [0.15, 0.2) is 11.0 Å². The number of hydrogen-bond donors (Lipinski definition) is 1. The number of fused-ring (bicyclic) bond motifs is 1. The van der Waals surface area contributed by atoms with Crippen molar-refractivity contribution in [1.82, 2.24) is 14.9 Å². The number of aromatic nitrogens is 2. The maximum atomic E-state index is 6.29. The Hall–Kier alpha value is -2.17. The lowest BCUT2D eigenvalue weighted by Crippen LogP contribution is -2.31. The zero-order chi connectivity index (χ0) is 15.6. The molecule has 1 aliphatic carbocycles. The molecule has 0 atom stereocenters. The molecule has 0 amide bonds. The Morgan fingerprint density at radius 1 is 1.13 bits per heavy atom. The van der Waals surface area contributed by atoms with Crippen molar-refractivity contribution >= 4 is 17.4 Å². The topological polar surface area (TPSA) is 41.1 Å². The van der Waals surface area contributed by atoms with Crippen LogP contribution < -0.4 is 5.32 Å². The molecule has 1 aromatic heterocycles. The first-order valence-corrected chi connectivity index (χ1v) is 8.13. The lowest BCUT2D eigenvalue weighted by Gasteiger charge is -2.28. The Kier molecular flexibility index (Phi) is 3.85. The van der Waals surface area contributed by atoms with Crippen molar-refractivity contribution in [2.45, 2.75) is 19.5 Å². The third-order valence-electron chi connectivity index (χ3n) is 4.11. The Balaban J connectivity index is 1.50. The second kappa shape index (κ2) is 6.14. The number of nitrogens with zero attached hydrogens (tertiary/aromatic N) is 3. The van der Waals surface area contributed by atoms with Crippen LogP contribution in [0.4, 0.5) is 5.82 Å². The van der Waals surface area contributed by atoms with Crippen LogP contribution in [0.5, 0.6) is 0 Å². The minimum atomic E-state index is 0.437. The summed E-state index contributed by atoms with van der Waals surface area (Å²) in [5.41, 5.74) is 4.37. The maximum Gasteiger partial charge on any atom is 0.172 e. The van der Waals surface area contributed by atoms with E-state index in [9.17, 15) is 0 Å². The largest absolute Gasteiger partial charge is 0.338 e. The van der Waals surface area contributed by atoms with Gasteiger partial charge in [0, 0.05) is 31.8 Å². The molecule has 0 fully saturated rings. The van der Waals surface area contributed by atoms with Crippen LogP contribution in [-0.2, 0) is 19.5 Å². The van der Waals surface area contributed by atoms with Crippen LogP contribution >= 0.6 is 11.6 Å². The van der Waals surface area contributed by atoms with Crippen LogP contribution in [-0.4, -0.2) is 21.4 Å². The van der Waals surface area contributed by atoms with Crippen molar-refractivity contribution in [3.8, 4) is 0 Å². The van der Waals surface area contributed by atoms with Gasteiger partial charge in [0.05, 0.1) is 11.4 Å². The summed E-state index contributed by atoms with van der Waals surface area (Å²) in [4.78, 5) is 11.6. The van der Waals surface area contributed by atoms with Crippen LogP contribution in [0.1, 0.15) is 17.0 Å². The smallest absolute Gasteiger partial charge is 0.172 e. The van der Waals surface area contributed by atoms with Crippen molar-refractivity contribution in [3.05, 3.63) is 76.4 Å². The molecule has 116 valence electrons. The Morgan fingerprint density at radius 2 is 1.96 bits per heavy atom. The Bertz CT molecular complexity index is 783. The fraction of sp³-hybridized carbons (Fsp3) is 0.222. The van der Waals surface area contributed by atoms with E-state index in [-0.39, 0.29) is 0 Å². The molecular formula is C18H17ClN4. The molecule has 4 nitrogen and oxygen atoms in total. The maximum absolute atomic E-state index is 6.29. The first-order valence-electron chi connectivity index (χ1n) is 7.75. The molecular weight excluding hydrogens is 308 g/mol. The lowest BCUT2D eigenvalue weighted by atomic mass is 10.1. The van der Waals surface area contributed by atoms with Crippen LogP contribution in [0.25, 0.3) is 0 Å². The van der Waals surface area contributed by atoms with E-state index >= 15 is 0 Å². The highest BCUT2D eigenvalue weighted by molar-refractivity contribution is 6.31. The average Bonchev–Trinajstić information content (AvgIpc) is 2.52. The number of rotatable bonds is 4. The van der Waals surface area contributed by atoms with Gasteiger partial charge in [-0.15, -0.1) is 0 Å². The molecule has 0 bridgehead atoms. The summed E-state index contributed by atoms with van der Waals surface area (Å²) < 4.78 is 0. The van der Waals surface area contributed by atoms with Crippen molar-refractivity contribution in [1.29, 1.82) is 0 Å². The highest BCUT2D eigenvalue weighted by Crippen LogP contribution is 2.26. The zero-order valence-corrected chi connectivity index (χ0v) is 13.4. The SMILES string of the molecule is Clc1nc2c(nc1NC1=CC=C1)CCN(Cc1ccccc1)C2. The van der Waals surface area contributed by atoms with Crippen molar-refractivity contribution in [2.24, 2.45) is 0 Å². The van der Waals surface area contributed by atoms with Gasteiger partial charge in [-0.05, 0) is 17.7 Å². The molecule has 0 spiro atoms. The van der Waals surface area contributed by atoms with Gasteiger partial charge in [0.2, 0.25) is 0 Å². The number of allylic oxidation sites excluding steroid dienone is 3. The van der Waals surface area contributed by atoms with Crippen molar-refractivity contribution in [2.75, 3.05) is 11.9 Å². The molecule has 2 aromatic rings. The first-order chi connectivity index (χ1) is 11.3. The van der Waals surface area contributed by atoms with E-state index in [1.165, 1.54) is 5.56 Å². The Morgan fingerprint density at radius 3 is 2.70 bits per heavy atom. The monoisotopic (exact) mass is 324 g/mol. The van der Waals surface area contributed by atoms with E-state index in [1.54, 1.807) is 0 Å². The third kappa shape index (κ3) is 3.14. The summed E-state index contributed by atoms with van der Waals surface area (Å²) in [6.07, 6.45) is 6.84. The highest BCUT2D eigenvalue weighted by Gasteiger charge is 2.21. The summed E-state index contributed by atoms with van der Waals surface area (Å²) in [6.45, 7) is 2.71. The van der Waals surface area contributed by atoms with Gasteiger partial charge >= 0.3 is 0 Å². The number of halogens is 1. The normalized spacial score (nSPS) is 16.5. The van der Waals surface area contributed by atoms with Crippen LogP contribution in [0.3, 0.4) is 0 Å². The van der Waals surface area contributed by atoms with Crippen LogP contribution in [0.2, 0.25) is 5.15 Å². The second-order valence-corrected chi connectivity index (χ2v) is 6.17. The number of hydrogen-bond acceptors (Lipinski definition) is 4. The summed E-state index contributed by atoms with van der Waals surface area (Å²) in [5.74, 6) is 0.650. The van der Waals surface area contributed by atoms with Crippen LogP contribution in [0.15, 0.2) is 54.3 Å². The molecule has 5 heteroatoms. The summed E-state index contributed by atoms with van der Waals surface area (Å²) in [6, 6.07) is 10.5. The lowest BCUT2D eigenvalue weighted by molar-refractivity contribution is 0.239. The van der Waals surface area contributed by atoms with Crippen molar-refractivity contribution < 1.29 is 0 Å². The van der Waals surface area contributed by atoms with E-state index in [0.717, 1.165) is 43.1 Å². The average molecular weight is 325 g/mol. The quantitative estimate of drug-likeness (QED) is 0.933. The van der Waals surface area contributed by atoms with Gasteiger partial charge in [-0.1, -0.05) is 48.0 Å². The van der Waals surface area contributed by atoms with E-state index < -0.39 is 0 Å². The molecule has 1 aromatic carbocycles. The van der Waals surface area contributed by atoms with Gasteiger partial charge in [0.25, 0.3) is 0 Å². The minimum absolute atomic E-state index is 0.437. The highest BCUT2D eigenvalue weighted by atomic mass is 35.5. The fourth-order valence-corrected chi connectivity index (χ4v) is 3.02. The molecule has 0 unspecified atom stereocenters. The molecule has 23 heavy (non-hydrogen) atoms. The van der Waals surface area contributed by atoms with Gasteiger partial charge in [0.1, 0.15) is 0 Å². The summed E-state index contributed by atoms with van der Waals surface area (Å²) in [5, 5.41) is 3.64. The summed E-state index contributed by atoms with van der Waals surface area (Å²) in [7, 11) is 0. The predicted octanol–water partition coefficient (Wildman–Crippen LogP) is 3.55. The van der Waals surface area contributed by atoms with E-state index in [1.807, 2.05) is 24.3 Å². The predicted molar refractivity (Wildman–Crippen MR) is 92.1 cm³/mol.